The van der Waals surface area contributed by atoms with Gasteiger partial charge in [0.1, 0.15) is 0 Å². The highest BCUT2D eigenvalue weighted by Gasteiger charge is 2.03. The second kappa shape index (κ2) is 7.37. The molecule has 0 aliphatic heterocycles. The number of hydrogen-bond acceptors (Lipinski definition) is 4. The van der Waals surface area contributed by atoms with E-state index in [1.807, 2.05) is 13.0 Å². The van der Waals surface area contributed by atoms with Gasteiger partial charge in [0.15, 0.2) is 11.5 Å². The topological polar surface area (TPSA) is 66.8 Å². The zero-order chi connectivity index (χ0) is 13.4. The van der Waals surface area contributed by atoms with Gasteiger partial charge in [0.2, 0.25) is 0 Å². The number of hydrogen-bond donors (Lipinski definition) is 2. The summed E-state index contributed by atoms with van der Waals surface area (Å²) in [4.78, 5) is 11.3. The molecule has 1 aromatic rings. The van der Waals surface area contributed by atoms with Crippen molar-refractivity contribution in [2.75, 3.05) is 6.61 Å². The van der Waals surface area contributed by atoms with E-state index in [0.717, 1.165) is 12.0 Å². The lowest BCUT2D eigenvalue weighted by Crippen LogP contribution is -2.06. The molecule has 0 unspecified atom stereocenters. The van der Waals surface area contributed by atoms with Gasteiger partial charge >= 0.3 is 5.97 Å². The third-order valence-electron chi connectivity index (χ3n) is 2.38. The quantitative estimate of drug-likeness (QED) is 0.462. The molecule has 0 bridgehead atoms. The van der Waals surface area contributed by atoms with Gasteiger partial charge in [-0.05, 0) is 24.1 Å². The van der Waals surface area contributed by atoms with Crippen molar-refractivity contribution in [3.8, 4) is 11.5 Å². The van der Waals surface area contributed by atoms with Crippen LogP contribution in [0.5, 0.6) is 11.5 Å². The fourth-order valence-electron chi connectivity index (χ4n) is 1.41. The standard InChI is InChI=1S/C14H18O4/c1-2-3-4-5-14(17)18-9-8-11-6-7-12(15)13(16)10-11/h3-4,6-7,10,15-16H,2,5,8-9H2,1H3/b4-3-. The van der Waals surface area contributed by atoms with Crippen molar-refractivity contribution >= 4 is 5.97 Å². The van der Waals surface area contributed by atoms with Gasteiger partial charge in [0, 0.05) is 6.42 Å². The van der Waals surface area contributed by atoms with Crippen molar-refractivity contribution in [1.82, 2.24) is 0 Å². The summed E-state index contributed by atoms with van der Waals surface area (Å²) in [5.41, 5.74) is 0.808. The van der Waals surface area contributed by atoms with Crippen molar-refractivity contribution in [2.24, 2.45) is 0 Å². The molecule has 98 valence electrons. The van der Waals surface area contributed by atoms with Gasteiger partial charge in [-0.3, -0.25) is 4.79 Å². The summed E-state index contributed by atoms with van der Waals surface area (Å²) in [5, 5.41) is 18.4. The van der Waals surface area contributed by atoms with Crippen LogP contribution in [0.4, 0.5) is 0 Å². The van der Waals surface area contributed by atoms with Gasteiger partial charge in [-0.2, -0.15) is 0 Å². The monoisotopic (exact) mass is 250 g/mol. The maximum Gasteiger partial charge on any atom is 0.309 e. The van der Waals surface area contributed by atoms with E-state index in [9.17, 15) is 9.90 Å². The highest BCUT2D eigenvalue weighted by Crippen LogP contribution is 2.24. The zero-order valence-electron chi connectivity index (χ0n) is 10.4. The van der Waals surface area contributed by atoms with E-state index in [1.54, 1.807) is 12.1 Å². The van der Waals surface area contributed by atoms with Gasteiger partial charge in [0.05, 0.1) is 13.0 Å². The summed E-state index contributed by atoms with van der Waals surface area (Å²) in [7, 11) is 0. The maximum atomic E-state index is 11.3. The first-order valence-electron chi connectivity index (χ1n) is 5.95. The molecule has 0 aliphatic carbocycles. The maximum absolute atomic E-state index is 11.3. The molecule has 0 saturated carbocycles. The Morgan fingerprint density at radius 1 is 1.28 bits per heavy atom. The summed E-state index contributed by atoms with van der Waals surface area (Å²) < 4.78 is 5.03. The molecule has 4 heteroatoms. The number of esters is 1. The lowest BCUT2D eigenvalue weighted by Gasteiger charge is -2.05. The van der Waals surface area contributed by atoms with Crippen LogP contribution in [-0.4, -0.2) is 22.8 Å². The lowest BCUT2D eigenvalue weighted by atomic mass is 10.1. The first-order chi connectivity index (χ1) is 8.63. The molecule has 0 aromatic heterocycles. The largest absolute Gasteiger partial charge is 0.504 e. The minimum atomic E-state index is -0.261. The molecule has 0 saturated heterocycles. The number of carbonyl (C=O) groups excluding carboxylic acids is 1. The molecular formula is C14H18O4. The van der Waals surface area contributed by atoms with Crippen LogP contribution in [0.2, 0.25) is 0 Å². The SMILES string of the molecule is CC/C=C\CC(=O)OCCc1ccc(O)c(O)c1. The van der Waals surface area contributed by atoms with E-state index in [4.69, 9.17) is 9.84 Å². The van der Waals surface area contributed by atoms with E-state index in [2.05, 4.69) is 0 Å². The summed E-state index contributed by atoms with van der Waals surface area (Å²) in [5.74, 6) is -0.576. The Bertz CT molecular complexity index is 424. The fraction of sp³-hybridized carbons (Fsp3) is 0.357. The third-order valence-corrected chi connectivity index (χ3v) is 2.38. The number of rotatable bonds is 6. The van der Waals surface area contributed by atoms with Crippen LogP contribution < -0.4 is 0 Å². The molecule has 0 atom stereocenters. The Labute approximate surface area is 107 Å². The molecule has 1 rings (SSSR count). The molecule has 0 heterocycles. The molecule has 1 aromatic carbocycles. The smallest absolute Gasteiger partial charge is 0.309 e. The Morgan fingerprint density at radius 2 is 2.06 bits per heavy atom. The number of phenolic OH excluding ortho intramolecular Hbond substituents is 2. The van der Waals surface area contributed by atoms with Crippen LogP contribution in [0.3, 0.4) is 0 Å². The second-order valence-corrected chi connectivity index (χ2v) is 3.88. The molecule has 0 amide bonds. The summed E-state index contributed by atoms with van der Waals surface area (Å²) >= 11 is 0. The molecule has 18 heavy (non-hydrogen) atoms. The number of phenols is 2. The molecular weight excluding hydrogens is 232 g/mol. The summed E-state index contributed by atoms with van der Waals surface area (Å²) in [6.07, 6.45) is 5.40. The van der Waals surface area contributed by atoms with Gasteiger partial charge in [-0.25, -0.2) is 0 Å². The number of benzene rings is 1. The highest BCUT2D eigenvalue weighted by molar-refractivity contribution is 5.71. The molecule has 0 radical (unpaired) electrons. The molecule has 2 N–H and O–H groups in total. The van der Waals surface area contributed by atoms with Crippen molar-refractivity contribution in [3.05, 3.63) is 35.9 Å². The highest BCUT2D eigenvalue weighted by atomic mass is 16.5. The average molecular weight is 250 g/mol. The number of ether oxygens (including phenoxy) is 1. The minimum absolute atomic E-state index is 0.152. The molecule has 0 spiro atoms. The molecule has 0 fully saturated rings. The molecule has 0 aliphatic rings. The first kappa shape index (κ1) is 14.1. The van der Waals surface area contributed by atoms with Crippen LogP contribution >= 0.6 is 0 Å². The van der Waals surface area contributed by atoms with Crippen LogP contribution in [0, 0.1) is 0 Å². The lowest BCUT2D eigenvalue weighted by molar-refractivity contribution is -0.142. The number of carbonyl (C=O) groups is 1. The van der Waals surface area contributed by atoms with Crippen LogP contribution in [-0.2, 0) is 16.0 Å². The van der Waals surface area contributed by atoms with E-state index in [-0.39, 0.29) is 30.5 Å². The van der Waals surface area contributed by atoms with E-state index >= 15 is 0 Å². The second-order valence-electron chi connectivity index (χ2n) is 3.88. The fourth-order valence-corrected chi connectivity index (χ4v) is 1.41. The van der Waals surface area contributed by atoms with E-state index < -0.39 is 0 Å². The van der Waals surface area contributed by atoms with Crippen LogP contribution in [0.25, 0.3) is 0 Å². The number of aromatic hydroxyl groups is 2. The first-order valence-corrected chi connectivity index (χ1v) is 5.95. The predicted octanol–water partition coefficient (Wildman–Crippen LogP) is 2.54. The Hall–Kier alpha value is -1.97. The third kappa shape index (κ3) is 4.91. The number of allylic oxidation sites excluding steroid dienone is 1. The van der Waals surface area contributed by atoms with Crippen molar-refractivity contribution in [2.45, 2.75) is 26.2 Å². The van der Waals surface area contributed by atoms with Gasteiger partial charge in [-0.15, -0.1) is 0 Å². The Balaban J connectivity index is 2.30. The van der Waals surface area contributed by atoms with Crippen LogP contribution in [0.1, 0.15) is 25.3 Å². The zero-order valence-corrected chi connectivity index (χ0v) is 10.4. The van der Waals surface area contributed by atoms with E-state index in [0.29, 0.717) is 6.42 Å². The average Bonchev–Trinajstić information content (AvgIpc) is 2.34. The predicted molar refractivity (Wildman–Crippen MR) is 68.5 cm³/mol. The van der Waals surface area contributed by atoms with Gasteiger partial charge < -0.3 is 14.9 Å². The Kier molecular flexibility index (Phi) is 5.77. The molecule has 4 nitrogen and oxygen atoms in total. The normalized spacial score (nSPS) is 10.7. The Morgan fingerprint density at radius 3 is 2.72 bits per heavy atom. The van der Waals surface area contributed by atoms with Crippen molar-refractivity contribution < 1.29 is 19.7 Å². The summed E-state index contributed by atoms with van der Waals surface area (Å²) in [6, 6.07) is 4.55. The van der Waals surface area contributed by atoms with Crippen LogP contribution in [0.15, 0.2) is 30.4 Å². The minimum Gasteiger partial charge on any atom is -0.504 e. The van der Waals surface area contributed by atoms with Crippen molar-refractivity contribution in [1.29, 1.82) is 0 Å². The van der Waals surface area contributed by atoms with Crippen molar-refractivity contribution in [3.63, 3.8) is 0 Å². The van der Waals surface area contributed by atoms with Gasteiger partial charge in [-0.1, -0.05) is 25.1 Å². The van der Waals surface area contributed by atoms with Gasteiger partial charge in [0.25, 0.3) is 0 Å². The summed E-state index contributed by atoms with van der Waals surface area (Å²) in [6.45, 7) is 2.27. The van der Waals surface area contributed by atoms with E-state index in [1.165, 1.54) is 12.1 Å².